The highest BCUT2D eigenvalue weighted by Gasteiger charge is 2.22. The second-order valence-electron chi connectivity index (χ2n) is 9.27. The van der Waals surface area contributed by atoms with Crippen molar-refractivity contribution in [3.05, 3.63) is 108 Å². The first-order valence-corrected chi connectivity index (χ1v) is 12.1. The van der Waals surface area contributed by atoms with E-state index in [0.29, 0.717) is 23.1 Å². The minimum absolute atomic E-state index is 0.112. The third kappa shape index (κ3) is 5.59. The number of amides is 1. The van der Waals surface area contributed by atoms with E-state index >= 15 is 0 Å². The van der Waals surface area contributed by atoms with Gasteiger partial charge in [0, 0.05) is 11.0 Å². The van der Waals surface area contributed by atoms with Crippen LogP contribution in [0.15, 0.2) is 99.9 Å². The average Bonchev–Trinajstić information content (AvgIpc) is 3.62. The molecular weight excluding hydrogens is 482 g/mol. The molecule has 1 amide bonds. The first kappa shape index (κ1) is 24.8. The second-order valence-corrected chi connectivity index (χ2v) is 9.27. The average molecular weight is 510 g/mol. The summed E-state index contributed by atoms with van der Waals surface area (Å²) < 4.78 is 22.4. The summed E-state index contributed by atoms with van der Waals surface area (Å²) in [6.45, 7) is 4.49. The van der Waals surface area contributed by atoms with Gasteiger partial charge in [0.25, 0.3) is 11.8 Å². The van der Waals surface area contributed by atoms with Gasteiger partial charge in [-0.2, -0.15) is 4.98 Å². The molecule has 0 bridgehead atoms. The lowest BCUT2D eigenvalue weighted by atomic mass is 9.78. The van der Waals surface area contributed by atoms with Crippen LogP contribution in [-0.2, 0) is 16.8 Å². The molecule has 3 aromatic carbocycles. The molecule has 0 unspecified atom stereocenters. The molecule has 8 heteroatoms. The van der Waals surface area contributed by atoms with Gasteiger partial charge in [-0.15, -0.1) is 0 Å². The maximum Gasteiger partial charge on any atom is 0.293 e. The number of carbonyl (C=O) groups is 1. The van der Waals surface area contributed by atoms with Crippen LogP contribution >= 0.6 is 0 Å². The zero-order chi connectivity index (χ0) is 26.5. The normalized spacial score (nSPS) is 11.3. The summed E-state index contributed by atoms with van der Waals surface area (Å²) in [5.74, 6) is 2.45. The summed E-state index contributed by atoms with van der Waals surface area (Å²) in [6, 6.07) is 29.1. The summed E-state index contributed by atoms with van der Waals surface area (Å²) in [7, 11) is 0. The number of primary amides is 1. The third-order valence-corrected chi connectivity index (χ3v) is 6.24. The molecule has 0 spiro atoms. The summed E-state index contributed by atoms with van der Waals surface area (Å²) in [4.78, 5) is 15.3. The fourth-order valence-corrected chi connectivity index (χ4v) is 4.01. The van der Waals surface area contributed by atoms with Gasteiger partial charge in [-0.3, -0.25) is 4.79 Å². The zero-order valence-corrected chi connectivity index (χ0v) is 21.1. The van der Waals surface area contributed by atoms with E-state index in [1.165, 1.54) is 11.1 Å². The van der Waals surface area contributed by atoms with E-state index in [-0.39, 0.29) is 24.5 Å². The van der Waals surface area contributed by atoms with Crippen molar-refractivity contribution in [1.82, 2.24) is 10.1 Å². The van der Waals surface area contributed by atoms with Crippen LogP contribution in [0.3, 0.4) is 0 Å². The summed E-state index contributed by atoms with van der Waals surface area (Å²) in [6.07, 6.45) is 0. The fourth-order valence-electron chi connectivity index (χ4n) is 4.01. The lowest BCUT2D eigenvalue weighted by Crippen LogP contribution is -2.19. The Morgan fingerprint density at radius 3 is 2.21 bits per heavy atom. The van der Waals surface area contributed by atoms with Crippen molar-refractivity contribution in [1.29, 1.82) is 0 Å². The van der Waals surface area contributed by atoms with E-state index in [9.17, 15) is 4.79 Å². The molecular formula is C30H27N3O5. The van der Waals surface area contributed by atoms with Crippen LogP contribution in [0.5, 0.6) is 11.5 Å². The number of aromatic nitrogens is 2. The van der Waals surface area contributed by atoms with Crippen LogP contribution in [0.25, 0.3) is 23.0 Å². The van der Waals surface area contributed by atoms with Crippen LogP contribution in [0.1, 0.15) is 30.7 Å². The molecule has 0 aliphatic heterocycles. The molecule has 0 saturated carbocycles. The highest BCUT2D eigenvalue weighted by atomic mass is 16.5. The van der Waals surface area contributed by atoms with E-state index in [0.717, 1.165) is 11.3 Å². The van der Waals surface area contributed by atoms with Gasteiger partial charge in [0.1, 0.15) is 23.9 Å². The molecule has 5 aromatic rings. The first-order chi connectivity index (χ1) is 18.4. The van der Waals surface area contributed by atoms with Gasteiger partial charge in [0.2, 0.25) is 5.82 Å². The van der Waals surface area contributed by atoms with Crippen LogP contribution in [-0.4, -0.2) is 22.7 Å². The molecule has 2 N–H and O–H groups in total. The summed E-state index contributed by atoms with van der Waals surface area (Å²) >= 11 is 0. The number of benzene rings is 3. The molecule has 0 atom stereocenters. The molecule has 38 heavy (non-hydrogen) atoms. The van der Waals surface area contributed by atoms with Crippen LogP contribution in [0, 0.1) is 0 Å². The Morgan fingerprint density at radius 2 is 1.50 bits per heavy atom. The van der Waals surface area contributed by atoms with Crippen molar-refractivity contribution >= 4 is 5.91 Å². The van der Waals surface area contributed by atoms with Gasteiger partial charge < -0.3 is 24.1 Å². The SMILES string of the molecule is CC(C)(c1ccccc1)c1ccc(OCc2ccc(-c3nc(-c4ccc(OCC(N)=O)cc4)no3)o2)cc1. The van der Waals surface area contributed by atoms with Gasteiger partial charge in [-0.05, 0) is 59.7 Å². The standard InChI is InChI=1S/C30H27N3O5/c1-30(2,21-6-4-3-5-7-21)22-10-14-24(15-11-22)35-18-25-16-17-26(37-25)29-32-28(33-38-29)20-8-12-23(13-9-20)36-19-27(31)34/h3-17H,18-19H2,1-2H3,(H2,31,34). The highest BCUT2D eigenvalue weighted by Crippen LogP contribution is 2.32. The van der Waals surface area contributed by atoms with Gasteiger partial charge in [0.05, 0.1) is 0 Å². The van der Waals surface area contributed by atoms with Gasteiger partial charge in [0.15, 0.2) is 12.4 Å². The quantitative estimate of drug-likeness (QED) is 0.254. The Labute approximate surface area is 220 Å². The zero-order valence-electron chi connectivity index (χ0n) is 21.1. The van der Waals surface area contributed by atoms with E-state index in [1.54, 1.807) is 30.3 Å². The number of furan rings is 1. The van der Waals surface area contributed by atoms with Crippen molar-refractivity contribution in [2.75, 3.05) is 6.61 Å². The fraction of sp³-hybridized carbons (Fsp3) is 0.167. The predicted molar refractivity (Wildman–Crippen MR) is 141 cm³/mol. The first-order valence-electron chi connectivity index (χ1n) is 12.1. The van der Waals surface area contributed by atoms with Gasteiger partial charge in [-0.1, -0.05) is 61.5 Å². The molecule has 2 heterocycles. The number of hydrogen-bond donors (Lipinski definition) is 1. The van der Waals surface area contributed by atoms with E-state index in [1.807, 2.05) is 24.3 Å². The Kier molecular flexibility index (Phi) is 6.95. The molecule has 0 fully saturated rings. The topological polar surface area (TPSA) is 114 Å². The number of hydrogen-bond acceptors (Lipinski definition) is 7. The maximum atomic E-state index is 10.9. The van der Waals surface area contributed by atoms with Crippen LogP contribution in [0.4, 0.5) is 0 Å². The van der Waals surface area contributed by atoms with Crippen molar-refractivity contribution < 1.29 is 23.2 Å². The van der Waals surface area contributed by atoms with Crippen molar-refractivity contribution in [2.24, 2.45) is 5.73 Å². The molecule has 0 radical (unpaired) electrons. The molecule has 5 rings (SSSR count). The largest absolute Gasteiger partial charge is 0.486 e. The second kappa shape index (κ2) is 10.6. The summed E-state index contributed by atoms with van der Waals surface area (Å²) in [5.41, 5.74) is 8.17. The molecule has 0 saturated heterocycles. The van der Waals surface area contributed by atoms with Gasteiger partial charge in [-0.25, -0.2) is 0 Å². The molecule has 8 nitrogen and oxygen atoms in total. The lowest BCUT2D eigenvalue weighted by Gasteiger charge is -2.26. The maximum absolute atomic E-state index is 10.9. The van der Waals surface area contributed by atoms with E-state index in [2.05, 4.69) is 60.4 Å². The summed E-state index contributed by atoms with van der Waals surface area (Å²) in [5, 5.41) is 4.03. The minimum Gasteiger partial charge on any atom is -0.486 e. The van der Waals surface area contributed by atoms with Crippen LogP contribution < -0.4 is 15.2 Å². The number of carbonyl (C=O) groups excluding carboxylic acids is 1. The lowest BCUT2D eigenvalue weighted by molar-refractivity contribution is -0.119. The van der Waals surface area contributed by atoms with Crippen molar-refractivity contribution in [3.63, 3.8) is 0 Å². The number of nitrogens with two attached hydrogens (primary N) is 1. The molecule has 0 aliphatic carbocycles. The third-order valence-electron chi connectivity index (χ3n) is 6.24. The van der Waals surface area contributed by atoms with Crippen molar-refractivity contribution in [2.45, 2.75) is 25.9 Å². The molecule has 0 aliphatic rings. The monoisotopic (exact) mass is 509 g/mol. The molecule has 2 aromatic heterocycles. The Morgan fingerprint density at radius 1 is 0.842 bits per heavy atom. The number of ether oxygens (including phenoxy) is 2. The van der Waals surface area contributed by atoms with E-state index < -0.39 is 5.91 Å². The van der Waals surface area contributed by atoms with Crippen LogP contribution in [0.2, 0.25) is 0 Å². The van der Waals surface area contributed by atoms with Gasteiger partial charge >= 0.3 is 0 Å². The van der Waals surface area contributed by atoms with Crippen molar-refractivity contribution in [3.8, 4) is 34.5 Å². The smallest absolute Gasteiger partial charge is 0.293 e. The predicted octanol–water partition coefficient (Wildman–Crippen LogP) is 5.77. The molecule has 192 valence electrons. The highest BCUT2D eigenvalue weighted by molar-refractivity contribution is 5.75. The minimum atomic E-state index is -0.541. The Hall–Kier alpha value is -4.85. The Bertz CT molecular complexity index is 1500. The Balaban J connectivity index is 1.20. The number of rotatable bonds is 10. The van der Waals surface area contributed by atoms with E-state index in [4.69, 9.17) is 24.1 Å². The number of nitrogens with zero attached hydrogens (tertiary/aromatic N) is 2.